The van der Waals surface area contributed by atoms with E-state index in [2.05, 4.69) is 25.8 Å². The Morgan fingerprint density at radius 3 is 2.58 bits per heavy atom. The maximum Gasteiger partial charge on any atom is 0.435 e. The van der Waals surface area contributed by atoms with Crippen LogP contribution >= 0.6 is 0 Å². The topological polar surface area (TPSA) is 131 Å². The van der Waals surface area contributed by atoms with Gasteiger partial charge in [-0.25, -0.2) is 15.3 Å². The molecular formula is C23H20N6O4. The first kappa shape index (κ1) is 21.6. The molecule has 33 heavy (non-hydrogen) atoms. The predicted octanol–water partition coefficient (Wildman–Crippen LogP) is 4.24. The number of amides is 1. The Morgan fingerprint density at radius 1 is 1.09 bits per heavy atom. The number of anilines is 1. The maximum atomic E-state index is 12.3. The minimum atomic E-state index is -0.711. The average Bonchev–Trinajstić information content (AvgIpc) is 2.99. The Bertz CT molecular complexity index is 1270. The number of hydrogen-bond donors (Lipinski definition) is 2. The molecule has 10 heteroatoms. The van der Waals surface area contributed by atoms with Crippen LogP contribution in [0.2, 0.25) is 0 Å². The van der Waals surface area contributed by atoms with Crippen molar-refractivity contribution in [2.75, 3.05) is 11.9 Å². The van der Waals surface area contributed by atoms with Crippen LogP contribution in [0.4, 0.5) is 21.9 Å². The van der Waals surface area contributed by atoms with Gasteiger partial charge in [-0.3, -0.25) is 25.4 Å². The van der Waals surface area contributed by atoms with Crippen molar-refractivity contribution < 1.29 is 14.6 Å². The van der Waals surface area contributed by atoms with E-state index in [1.165, 1.54) is 18.2 Å². The number of aliphatic imine (C=N–C) groups is 2. The Hall–Kier alpha value is -4.60. The van der Waals surface area contributed by atoms with Crippen LogP contribution in [0.25, 0.3) is 0 Å². The number of carbonyl (C=O) groups is 1. The molecule has 0 saturated heterocycles. The second-order valence-electron chi connectivity index (χ2n) is 7.28. The van der Waals surface area contributed by atoms with Crippen molar-refractivity contribution in [1.29, 1.82) is 0 Å². The van der Waals surface area contributed by atoms with Gasteiger partial charge in [0, 0.05) is 29.6 Å². The molecule has 0 radical (unpaired) electrons. The molecule has 2 N–H and O–H groups in total. The number of nitrogens with zero attached hydrogens (tertiary/aromatic N) is 4. The summed E-state index contributed by atoms with van der Waals surface area (Å²) in [6, 6.07) is 15.3. The Labute approximate surface area is 189 Å². The van der Waals surface area contributed by atoms with E-state index in [0.29, 0.717) is 28.3 Å². The summed E-state index contributed by atoms with van der Waals surface area (Å²) >= 11 is 0. The van der Waals surface area contributed by atoms with E-state index in [-0.39, 0.29) is 18.1 Å². The number of non-ortho nitro benzene ring substituents is 1. The molecule has 1 aliphatic heterocycles. The van der Waals surface area contributed by atoms with E-state index in [4.69, 9.17) is 4.84 Å². The highest BCUT2D eigenvalue weighted by atomic mass is 16.7. The molecule has 0 saturated carbocycles. The van der Waals surface area contributed by atoms with Crippen LogP contribution in [-0.2, 0) is 4.84 Å². The Balaban J connectivity index is 1.58. The number of para-hydroxylation sites is 1. The predicted molar refractivity (Wildman–Crippen MR) is 124 cm³/mol. The number of hydroxylamine groups is 1. The van der Waals surface area contributed by atoms with Gasteiger partial charge in [0.05, 0.1) is 22.0 Å². The number of carbonyl (C=O) groups excluding carboxylic acids is 1. The third-order valence-electron chi connectivity index (χ3n) is 4.97. The van der Waals surface area contributed by atoms with Gasteiger partial charge in [0.25, 0.3) is 5.69 Å². The summed E-state index contributed by atoms with van der Waals surface area (Å²) < 4.78 is 0. The third-order valence-corrected chi connectivity index (χ3v) is 4.97. The van der Waals surface area contributed by atoms with Crippen molar-refractivity contribution in [3.8, 4) is 0 Å². The van der Waals surface area contributed by atoms with Crippen LogP contribution < -0.4 is 10.8 Å². The highest BCUT2D eigenvalue weighted by Crippen LogP contribution is 2.28. The first-order valence-electron chi connectivity index (χ1n) is 10.0. The van der Waals surface area contributed by atoms with Gasteiger partial charge in [-0.2, -0.15) is 0 Å². The van der Waals surface area contributed by atoms with Gasteiger partial charge in [-0.1, -0.05) is 24.3 Å². The zero-order valence-electron chi connectivity index (χ0n) is 17.9. The van der Waals surface area contributed by atoms with E-state index in [0.717, 1.165) is 11.1 Å². The van der Waals surface area contributed by atoms with Gasteiger partial charge in [-0.15, -0.1) is 0 Å². The number of nitro benzene ring substituents is 1. The van der Waals surface area contributed by atoms with E-state index in [9.17, 15) is 14.9 Å². The minimum absolute atomic E-state index is 0.0467. The Kier molecular flexibility index (Phi) is 6.07. The van der Waals surface area contributed by atoms with Crippen LogP contribution in [0.5, 0.6) is 0 Å². The minimum Gasteiger partial charge on any atom is -0.323 e. The number of fused-ring (bicyclic) bond motifs is 1. The zero-order chi connectivity index (χ0) is 23.4. The van der Waals surface area contributed by atoms with Crippen LogP contribution in [0.1, 0.15) is 22.4 Å². The first-order chi connectivity index (χ1) is 15.9. The van der Waals surface area contributed by atoms with Gasteiger partial charge < -0.3 is 4.84 Å². The average molecular weight is 444 g/mol. The van der Waals surface area contributed by atoms with Crippen molar-refractivity contribution in [2.24, 2.45) is 9.98 Å². The number of nitrogens with one attached hydrogen (secondary N) is 2. The normalized spacial score (nSPS) is 12.5. The largest absolute Gasteiger partial charge is 0.435 e. The lowest BCUT2D eigenvalue weighted by Gasteiger charge is -2.12. The van der Waals surface area contributed by atoms with Gasteiger partial charge in [-0.05, 0) is 43.2 Å². The molecule has 0 spiro atoms. The Morgan fingerprint density at radius 2 is 1.88 bits per heavy atom. The lowest BCUT2D eigenvalue weighted by Crippen LogP contribution is -2.31. The number of pyridine rings is 1. The zero-order valence-corrected chi connectivity index (χ0v) is 17.9. The highest BCUT2D eigenvalue weighted by Gasteiger charge is 2.21. The summed E-state index contributed by atoms with van der Waals surface area (Å²) in [5.74, 6) is 0.257. The second kappa shape index (κ2) is 9.27. The summed E-state index contributed by atoms with van der Waals surface area (Å²) in [5.41, 5.74) is 6.82. The summed E-state index contributed by atoms with van der Waals surface area (Å²) in [5, 5.41) is 14.0. The summed E-state index contributed by atoms with van der Waals surface area (Å²) in [6.45, 7) is 3.82. The second-order valence-corrected chi connectivity index (χ2v) is 7.28. The maximum absolute atomic E-state index is 12.3. The van der Waals surface area contributed by atoms with Gasteiger partial charge in [0.1, 0.15) is 6.54 Å². The van der Waals surface area contributed by atoms with Crippen LogP contribution in [0, 0.1) is 24.0 Å². The standard InChI is InChI=1S/C23H20N6O4/c1-14-6-5-7-15(2)21(14)27-23(30)33-28-20-13-25-22(19-8-3-4-11-24-19)17-12-16(29(31)32)9-10-18(17)26-20/h3-12H,13H2,1-2H3,(H,26,28)(H,27,30). The molecule has 0 unspecified atom stereocenters. The molecule has 1 aliphatic rings. The van der Waals surface area contributed by atoms with Crippen molar-refractivity contribution in [3.63, 3.8) is 0 Å². The molecule has 0 atom stereocenters. The molecular weight excluding hydrogens is 424 g/mol. The molecule has 1 amide bonds. The first-order valence-corrected chi connectivity index (χ1v) is 10.0. The van der Waals surface area contributed by atoms with Crippen molar-refractivity contribution in [2.45, 2.75) is 13.8 Å². The molecule has 2 aromatic carbocycles. The van der Waals surface area contributed by atoms with Gasteiger partial charge >= 0.3 is 6.09 Å². The van der Waals surface area contributed by atoms with E-state index >= 15 is 0 Å². The molecule has 3 aromatic rings. The van der Waals surface area contributed by atoms with Gasteiger partial charge in [0.2, 0.25) is 0 Å². The fourth-order valence-electron chi connectivity index (χ4n) is 3.37. The van der Waals surface area contributed by atoms with Crippen LogP contribution in [0.15, 0.2) is 70.8 Å². The molecule has 0 bridgehead atoms. The highest BCUT2D eigenvalue weighted by molar-refractivity contribution is 6.16. The van der Waals surface area contributed by atoms with Crippen molar-refractivity contribution in [1.82, 2.24) is 10.5 Å². The molecule has 2 heterocycles. The number of aromatic nitrogens is 1. The fourth-order valence-corrected chi connectivity index (χ4v) is 3.37. The van der Waals surface area contributed by atoms with E-state index in [1.54, 1.807) is 24.4 Å². The molecule has 166 valence electrons. The number of benzene rings is 2. The SMILES string of the molecule is Cc1cccc(C)c1NC(=O)ONC1=Nc2ccc([N+](=O)[O-])cc2C(c2ccccn2)=NC1. The number of rotatable bonds is 3. The monoisotopic (exact) mass is 444 g/mol. The van der Waals surface area contributed by atoms with Gasteiger partial charge in [0.15, 0.2) is 5.84 Å². The van der Waals surface area contributed by atoms with Crippen LogP contribution in [-0.4, -0.2) is 34.1 Å². The number of hydrogen-bond acceptors (Lipinski definition) is 8. The van der Waals surface area contributed by atoms with E-state index < -0.39 is 11.0 Å². The van der Waals surface area contributed by atoms with Crippen LogP contribution in [0.3, 0.4) is 0 Å². The quantitative estimate of drug-likeness (QED) is 0.459. The summed E-state index contributed by atoms with van der Waals surface area (Å²) in [6.07, 6.45) is 0.901. The molecule has 10 nitrogen and oxygen atoms in total. The molecule has 0 aliphatic carbocycles. The third kappa shape index (κ3) is 4.85. The lowest BCUT2D eigenvalue weighted by atomic mass is 10.0. The molecule has 1 aromatic heterocycles. The number of nitro groups is 1. The molecule has 4 rings (SSSR count). The number of amidine groups is 1. The molecule has 0 fully saturated rings. The van der Waals surface area contributed by atoms with Crippen molar-refractivity contribution in [3.05, 3.63) is 93.3 Å². The summed E-state index contributed by atoms with van der Waals surface area (Å²) in [4.78, 5) is 41.6. The summed E-state index contributed by atoms with van der Waals surface area (Å²) in [7, 11) is 0. The smallest absolute Gasteiger partial charge is 0.323 e. The van der Waals surface area contributed by atoms with Crippen molar-refractivity contribution >= 4 is 34.7 Å². The fraction of sp³-hybridized carbons (Fsp3) is 0.130. The lowest BCUT2D eigenvalue weighted by molar-refractivity contribution is -0.384. The number of aryl methyl sites for hydroxylation is 2. The van der Waals surface area contributed by atoms with E-state index in [1.807, 2.05) is 32.0 Å².